The largest absolute Gasteiger partial charge is 0.339 e. The Hall–Kier alpha value is -4.48. The van der Waals surface area contributed by atoms with Gasteiger partial charge in [-0.15, -0.1) is 5.10 Å². The monoisotopic (exact) mass is 476 g/mol. The first-order valence-electron chi connectivity index (χ1n) is 10.8. The second kappa shape index (κ2) is 7.79. The molecule has 6 rings (SSSR count). The topological polar surface area (TPSA) is 118 Å². The predicted molar refractivity (Wildman–Crippen MR) is 119 cm³/mol. The minimum atomic E-state index is -2.69. The van der Waals surface area contributed by atoms with Gasteiger partial charge in [-0.05, 0) is 30.7 Å². The summed E-state index contributed by atoms with van der Waals surface area (Å²) < 4.78 is 33.5. The minimum absolute atomic E-state index is 0.184. The number of halogens is 2. The highest BCUT2D eigenvalue weighted by Gasteiger charge is 2.48. The summed E-state index contributed by atoms with van der Waals surface area (Å²) >= 11 is 0. The van der Waals surface area contributed by atoms with E-state index in [1.807, 2.05) is 25.1 Å². The van der Waals surface area contributed by atoms with E-state index in [9.17, 15) is 13.6 Å². The van der Waals surface area contributed by atoms with Gasteiger partial charge in [0.2, 0.25) is 17.6 Å². The molecule has 4 aromatic heterocycles. The fourth-order valence-electron chi connectivity index (χ4n) is 4.19. The maximum atomic E-state index is 13.8. The van der Waals surface area contributed by atoms with Gasteiger partial charge in [-0.1, -0.05) is 23.4 Å². The Bertz CT molecular complexity index is 1530. The maximum absolute atomic E-state index is 13.8. The Kier molecular flexibility index (Phi) is 4.69. The normalized spacial score (nSPS) is 15.3. The number of imidazole rings is 1. The maximum Gasteiger partial charge on any atom is 0.282 e. The van der Waals surface area contributed by atoms with Crippen LogP contribution in [0.3, 0.4) is 0 Å². The van der Waals surface area contributed by atoms with Gasteiger partial charge in [0.15, 0.2) is 5.82 Å². The standard InChI is InChI=1S/C23H18F2N8O2/c1-13-5-6-14(20-28-21(35-30-20)15-9-23(24,25)10-15)8-16(13)33(19-12-27-31-29-19)22(34)17-11-26-18-4-2-3-7-32(17)18/h2-8,11-12,15H,9-10H2,1H3,(H,27,29,31). The molecular formula is C23H18F2N8O2. The number of benzene rings is 1. The molecule has 0 radical (unpaired) electrons. The molecule has 5 aromatic rings. The van der Waals surface area contributed by atoms with Crippen molar-refractivity contribution >= 4 is 23.1 Å². The van der Waals surface area contributed by atoms with E-state index < -0.39 is 11.8 Å². The minimum Gasteiger partial charge on any atom is -0.339 e. The number of rotatable bonds is 5. The molecule has 176 valence electrons. The van der Waals surface area contributed by atoms with Crippen molar-refractivity contribution in [2.24, 2.45) is 0 Å². The van der Waals surface area contributed by atoms with Gasteiger partial charge in [0.1, 0.15) is 11.3 Å². The highest BCUT2D eigenvalue weighted by Crippen LogP contribution is 2.48. The number of fused-ring (bicyclic) bond motifs is 1. The number of nitrogens with zero attached hydrogens (tertiary/aromatic N) is 7. The SMILES string of the molecule is Cc1ccc(-c2noc(C3CC(F)(F)C3)n2)cc1N(C(=O)c1cnc2ccccn12)c1cn[nH]n1. The molecule has 1 N–H and O–H groups in total. The summed E-state index contributed by atoms with van der Waals surface area (Å²) in [6, 6.07) is 10.8. The fourth-order valence-corrected chi connectivity index (χ4v) is 4.19. The number of anilines is 2. The molecule has 4 heterocycles. The summed E-state index contributed by atoms with van der Waals surface area (Å²) in [6.07, 6.45) is 4.09. The molecule has 1 fully saturated rings. The lowest BCUT2D eigenvalue weighted by Gasteiger charge is -2.31. The van der Waals surface area contributed by atoms with E-state index in [0.717, 1.165) is 5.56 Å². The van der Waals surface area contributed by atoms with E-state index in [4.69, 9.17) is 4.52 Å². The summed E-state index contributed by atoms with van der Waals surface area (Å²) in [4.78, 5) is 23.9. The zero-order valence-electron chi connectivity index (χ0n) is 18.4. The van der Waals surface area contributed by atoms with Gasteiger partial charge in [-0.25, -0.2) is 13.8 Å². The van der Waals surface area contributed by atoms with Crippen molar-refractivity contribution in [2.45, 2.75) is 31.6 Å². The molecule has 0 aliphatic heterocycles. The number of aromatic nitrogens is 7. The van der Waals surface area contributed by atoms with E-state index in [2.05, 4.69) is 30.5 Å². The number of alkyl halides is 2. The van der Waals surface area contributed by atoms with Crippen LogP contribution in [0.25, 0.3) is 17.0 Å². The van der Waals surface area contributed by atoms with Crippen molar-refractivity contribution in [2.75, 3.05) is 4.90 Å². The number of nitrogens with one attached hydrogen (secondary N) is 1. The van der Waals surface area contributed by atoms with Gasteiger partial charge in [0.05, 0.1) is 18.1 Å². The Morgan fingerprint density at radius 2 is 2.09 bits per heavy atom. The molecule has 0 spiro atoms. The van der Waals surface area contributed by atoms with Crippen LogP contribution in [-0.4, -0.2) is 46.8 Å². The molecular weight excluding hydrogens is 458 g/mol. The molecule has 0 atom stereocenters. The van der Waals surface area contributed by atoms with Crippen LogP contribution in [0, 0.1) is 6.92 Å². The van der Waals surface area contributed by atoms with Crippen LogP contribution < -0.4 is 4.90 Å². The third-order valence-corrected chi connectivity index (χ3v) is 6.06. The fraction of sp³-hybridized carbons (Fsp3) is 0.217. The van der Waals surface area contributed by atoms with Crippen molar-refractivity contribution < 1.29 is 18.1 Å². The van der Waals surface area contributed by atoms with Crippen LogP contribution in [0.1, 0.15) is 40.7 Å². The van der Waals surface area contributed by atoms with Crippen LogP contribution >= 0.6 is 0 Å². The van der Waals surface area contributed by atoms with Gasteiger partial charge in [0.25, 0.3) is 5.91 Å². The van der Waals surface area contributed by atoms with Crippen molar-refractivity contribution in [1.82, 2.24) is 34.9 Å². The first kappa shape index (κ1) is 21.1. The van der Waals surface area contributed by atoms with Gasteiger partial charge < -0.3 is 4.52 Å². The average molecular weight is 476 g/mol. The van der Waals surface area contributed by atoms with Gasteiger partial charge in [0, 0.05) is 30.5 Å². The lowest BCUT2D eigenvalue weighted by atomic mass is 9.81. The molecule has 1 aliphatic carbocycles. The number of amides is 1. The van der Waals surface area contributed by atoms with Crippen molar-refractivity contribution in [3.63, 3.8) is 0 Å². The zero-order valence-corrected chi connectivity index (χ0v) is 18.4. The summed E-state index contributed by atoms with van der Waals surface area (Å²) in [5.74, 6) is -2.80. The smallest absolute Gasteiger partial charge is 0.282 e. The zero-order chi connectivity index (χ0) is 24.2. The predicted octanol–water partition coefficient (Wildman–Crippen LogP) is 4.30. The number of carbonyl (C=O) groups is 1. The Morgan fingerprint density at radius 3 is 2.86 bits per heavy atom. The van der Waals surface area contributed by atoms with Gasteiger partial charge in [-0.3, -0.25) is 14.1 Å². The number of pyridine rings is 1. The molecule has 0 bridgehead atoms. The van der Waals surface area contributed by atoms with E-state index >= 15 is 0 Å². The van der Waals surface area contributed by atoms with Crippen LogP contribution in [0.4, 0.5) is 20.3 Å². The van der Waals surface area contributed by atoms with E-state index in [1.54, 1.807) is 28.8 Å². The average Bonchev–Trinajstić information content (AvgIpc) is 3.59. The number of aromatic amines is 1. The molecule has 1 saturated carbocycles. The van der Waals surface area contributed by atoms with Crippen molar-refractivity contribution in [1.29, 1.82) is 0 Å². The molecule has 12 heteroatoms. The second-order valence-electron chi connectivity index (χ2n) is 8.46. The molecule has 35 heavy (non-hydrogen) atoms. The van der Waals surface area contributed by atoms with Crippen LogP contribution in [0.5, 0.6) is 0 Å². The van der Waals surface area contributed by atoms with Gasteiger partial charge in [-0.2, -0.15) is 15.3 Å². The Labute approximate surface area is 196 Å². The van der Waals surface area contributed by atoms with E-state index in [0.29, 0.717) is 22.6 Å². The number of carbonyl (C=O) groups excluding carboxylic acids is 1. The third-order valence-electron chi connectivity index (χ3n) is 6.06. The second-order valence-corrected chi connectivity index (χ2v) is 8.46. The molecule has 0 saturated heterocycles. The molecule has 1 aromatic carbocycles. The molecule has 0 unspecified atom stereocenters. The molecule has 10 nitrogen and oxygen atoms in total. The summed E-state index contributed by atoms with van der Waals surface area (Å²) in [6.45, 7) is 1.85. The number of hydrogen-bond acceptors (Lipinski definition) is 7. The van der Waals surface area contributed by atoms with E-state index in [1.165, 1.54) is 17.3 Å². The lowest BCUT2D eigenvalue weighted by molar-refractivity contribution is -0.0925. The summed E-state index contributed by atoms with van der Waals surface area (Å²) in [5.41, 5.74) is 2.82. The Morgan fingerprint density at radius 1 is 1.23 bits per heavy atom. The Balaban J connectivity index is 1.40. The van der Waals surface area contributed by atoms with Crippen molar-refractivity contribution in [3.05, 3.63) is 72.1 Å². The van der Waals surface area contributed by atoms with Crippen LogP contribution in [0.15, 0.2) is 59.5 Å². The number of aryl methyl sites for hydroxylation is 1. The van der Waals surface area contributed by atoms with Crippen LogP contribution in [-0.2, 0) is 0 Å². The lowest BCUT2D eigenvalue weighted by Crippen LogP contribution is -2.33. The number of H-pyrrole nitrogens is 1. The highest BCUT2D eigenvalue weighted by atomic mass is 19.3. The highest BCUT2D eigenvalue weighted by molar-refractivity contribution is 6.10. The third kappa shape index (κ3) is 3.63. The summed E-state index contributed by atoms with van der Waals surface area (Å²) in [5, 5.41) is 14.5. The first-order valence-corrected chi connectivity index (χ1v) is 10.8. The molecule has 1 amide bonds. The number of hydrogen-bond donors (Lipinski definition) is 1. The molecule has 1 aliphatic rings. The quantitative estimate of drug-likeness (QED) is 0.402. The summed E-state index contributed by atoms with van der Waals surface area (Å²) in [7, 11) is 0. The van der Waals surface area contributed by atoms with E-state index in [-0.39, 0.29) is 36.3 Å². The first-order chi connectivity index (χ1) is 16.9. The van der Waals surface area contributed by atoms with Crippen LogP contribution in [0.2, 0.25) is 0 Å². The van der Waals surface area contributed by atoms with Crippen molar-refractivity contribution in [3.8, 4) is 11.4 Å². The van der Waals surface area contributed by atoms with Gasteiger partial charge >= 0.3 is 0 Å².